The molecule has 132 valence electrons. The van der Waals surface area contributed by atoms with Gasteiger partial charge in [-0.25, -0.2) is 4.79 Å². The molecule has 0 N–H and O–H groups in total. The predicted molar refractivity (Wildman–Crippen MR) is 104 cm³/mol. The molecule has 1 aromatic rings. The first kappa shape index (κ1) is 19.2. The van der Waals surface area contributed by atoms with Gasteiger partial charge in [0.25, 0.3) is 0 Å². The van der Waals surface area contributed by atoms with Crippen molar-refractivity contribution in [3.63, 3.8) is 0 Å². The number of carbonyl (C=O) groups excluding carboxylic acids is 1. The number of rotatable bonds is 2. The highest BCUT2D eigenvalue weighted by molar-refractivity contribution is 14.1. The van der Waals surface area contributed by atoms with Crippen LogP contribution in [0.2, 0.25) is 0 Å². The normalized spacial score (nSPS) is 15.8. The average Bonchev–Trinajstić information content (AvgIpc) is 2.48. The number of ether oxygens (including phenoxy) is 3. The quantitative estimate of drug-likeness (QED) is 0.482. The first-order chi connectivity index (χ1) is 11.2. The topological polar surface area (TPSA) is 48.0 Å². The lowest BCUT2D eigenvalue weighted by Gasteiger charge is -2.33. The van der Waals surface area contributed by atoms with Gasteiger partial charge in [-0.2, -0.15) is 0 Å². The average molecular weight is 463 g/mol. The van der Waals surface area contributed by atoms with E-state index in [1.165, 1.54) is 0 Å². The molecule has 1 heterocycles. The third-order valence-corrected chi connectivity index (χ3v) is 4.46. The van der Waals surface area contributed by atoms with Crippen molar-refractivity contribution in [2.45, 2.75) is 45.3 Å². The van der Waals surface area contributed by atoms with Crippen LogP contribution < -0.4 is 4.74 Å². The molecule has 0 aromatic heterocycles. The highest BCUT2D eigenvalue weighted by atomic mass is 127. The number of nitrogens with zero attached hydrogens (tertiary/aromatic N) is 1. The van der Waals surface area contributed by atoms with Crippen molar-refractivity contribution in [1.82, 2.24) is 4.90 Å². The molecule has 5 nitrogen and oxygen atoms in total. The van der Waals surface area contributed by atoms with Gasteiger partial charge in [-0.05, 0) is 55.5 Å². The van der Waals surface area contributed by atoms with E-state index in [1.807, 2.05) is 45.0 Å². The Kier molecular flexibility index (Phi) is 6.68. The van der Waals surface area contributed by atoms with E-state index in [0.717, 1.165) is 3.57 Å². The fourth-order valence-electron chi connectivity index (χ4n) is 2.26. The van der Waals surface area contributed by atoms with Gasteiger partial charge in [-0.3, -0.25) is 0 Å². The fourth-order valence-corrected chi connectivity index (χ4v) is 2.98. The van der Waals surface area contributed by atoms with E-state index in [1.54, 1.807) is 4.90 Å². The van der Waals surface area contributed by atoms with Crippen molar-refractivity contribution in [2.75, 3.05) is 13.1 Å². The van der Waals surface area contributed by atoms with E-state index in [0.29, 0.717) is 31.7 Å². The molecule has 7 heteroatoms. The molecule has 1 amide bonds. The molecule has 1 aliphatic rings. The molecule has 1 aliphatic heterocycles. The van der Waals surface area contributed by atoms with Crippen LogP contribution in [-0.4, -0.2) is 41.0 Å². The number of benzene rings is 1. The summed E-state index contributed by atoms with van der Waals surface area (Å²) in [7, 11) is 0. The second-order valence-electron chi connectivity index (χ2n) is 6.57. The van der Waals surface area contributed by atoms with Crippen LogP contribution in [0.25, 0.3) is 0 Å². The molecule has 0 atom stereocenters. The highest BCUT2D eigenvalue weighted by Gasteiger charge is 2.28. The Bertz CT molecular complexity index is 594. The number of para-hydroxylation sites is 1. The summed E-state index contributed by atoms with van der Waals surface area (Å²) < 4.78 is 17.6. The number of piperidine rings is 1. The standard InChI is InChI=1S/C17H22INO4S/c1-17(2,3)23-15(20)19-10-8-12(9-11-19)21-16(24)22-14-7-5-4-6-13(14)18/h4-7,12H,8-11H2,1-3H3. The van der Waals surface area contributed by atoms with Crippen LogP contribution in [0.5, 0.6) is 5.75 Å². The Labute approximate surface area is 161 Å². The van der Waals surface area contributed by atoms with E-state index >= 15 is 0 Å². The van der Waals surface area contributed by atoms with E-state index in [-0.39, 0.29) is 17.4 Å². The zero-order valence-corrected chi connectivity index (χ0v) is 17.1. The van der Waals surface area contributed by atoms with Crippen LogP contribution in [0, 0.1) is 3.57 Å². The molecular formula is C17H22INO4S. The van der Waals surface area contributed by atoms with Gasteiger partial charge in [0.2, 0.25) is 0 Å². The summed E-state index contributed by atoms with van der Waals surface area (Å²) in [5, 5.41) is 0.120. The molecule has 0 spiro atoms. The maximum absolute atomic E-state index is 12.0. The molecule has 0 bridgehead atoms. The van der Waals surface area contributed by atoms with Gasteiger partial charge in [0.05, 0.1) is 3.57 Å². The molecule has 0 unspecified atom stereocenters. The molecule has 24 heavy (non-hydrogen) atoms. The molecule has 0 aliphatic carbocycles. The number of halogens is 1. The number of hydrogen-bond donors (Lipinski definition) is 0. The maximum atomic E-state index is 12.0. The smallest absolute Gasteiger partial charge is 0.410 e. The monoisotopic (exact) mass is 463 g/mol. The summed E-state index contributed by atoms with van der Waals surface area (Å²) in [6.45, 7) is 6.76. The molecule has 1 aromatic carbocycles. The van der Waals surface area contributed by atoms with Crippen LogP contribution in [0.3, 0.4) is 0 Å². The summed E-state index contributed by atoms with van der Waals surface area (Å²) in [6, 6.07) is 7.62. The molecular weight excluding hydrogens is 441 g/mol. The van der Waals surface area contributed by atoms with Crippen molar-refractivity contribution in [2.24, 2.45) is 0 Å². The number of likely N-dealkylation sites (tertiary alicyclic amines) is 1. The lowest BCUT2D eigenvalue weighted by molar-refractivity contribution is 0.00997. The third-order valence-electron chi connectivity index (χ3n) is 3.39. The maximum Gasteiger partial charge on any atom is 0.410 e. The Hall–Kier alpha value is -1.09. The lowest BCUT2D eigenvalue weighted by Crippen LogP contribution is -2.44. The number of carbonyl (C=O) groups is 1. The Morgan fingerprint density at radius 2 is 1.88 bits per heavy atom. The molecule has 0 saturated carbocycles. The van der Waals surface area contributed by atoms with E-state index < -0.39 is 5.60 Å². The van der Waals surface area contributed by atoms with Crippen LogP contribution in [0.1, 0.15) is 33.6 Å². The first-order valence-electron chi connectivity index (χ1n) is 7.85. The van der Waals surface area contributed by atoms with Gasteiger partial charge < -0.3 is 19.1 Å². The van der Waals surface area contributed by atoms with E-state index in [9.17, 15) is 4.79 Å². The van der Waals surface area contributed by atoms with Gasteiger partial charge >= 0.3 is 11.3 Å². The van der Waals surface area contributed by atoms with Crippen LogP contribution in [0.4, 0.5) is 4.79 Å². The lowest BCUT2D eigenvalue weighted by atomic mass is 10.1. The zero-order valence-electron chi connectivity index (χ0n) is 14.1. The summed E-state index contributed by atoms with van der Waals surface area (Å²) >= 11 is 7.36. The van der Waals surface area contributed by atoms with Gasteiger partial charge in [0.15, 0.2) is 0 Å². The van der Waals surface area contributed by atoms with Crippen molar-refractivity contribution in [1.29, 1.82) is 0 Å². The number of hydrogen-bond acceptors (Lipinski definition) is 5. The number of thiocarbonyl (C=S) groups is 1. The molecule has 1 saturated heterocycles. The minimum Gasteiger partial charge on any atom is -0.453 e. The van der Waals surface area contributed by atoms with Gasteiger partial charge in [-0.15, -0.1) is 0 Å². The molecule has 2 rings (SSSR count). The van der Waals surface area contributed by atoms with Crippen LogP contribution in [0.15, 0.2) is 24.3 Å². The van der Waals surface area contributed by atoms with Crippen molar-refractivity contribution >= 4 is 46.1 Å². The SMILES string of the molecule is CC(C)(C)OC(=O)N1CCC(OC(=S)Oc2ccccc2I)CC1. The zero-order chi connectivity index (χ0) is 17.7. The Balaban J connectivity index is 1.77. The van der Waals surface area contributed by atoms with E-state index in [2.05, 4.69) is 22.6 Å². The van der Waals surface area contributed by atoms with Crippen LogP contribution >= 0.6 is 34.8 Å². The van der Waals surface area contributed by atoms with Crippen molar-refractivity contribution < 1.29 is 19.0 Å². The fraction of sp³-hybridized carbons (Fsp3) is 0.529. The Morgan fingerprint density at radius 3 is 2.46 bits per heavy atom. The highest BCUT2D eigenvalue weighted by Crippen LogP contribution is 2.22. The minimum atomic E-state index is -0.479. The van der Waals surface area contributed by atoms with Crippen molar-refractivity contribution in [3.8, 4) is 5.75 Å². The minimum absolute atomic E-state index is 0.0439. The van der Waals surface area contributed by atoms with Gasteiger partial charge in [0, 0.05) is 38.1 Å². The van der Waals surface area contributed by atoms with Crippen LogP contribution in [-0.2, 0) is 9.47 Å². The summed E-state index contributed by atoms with van der Waals surface area (Å²) in [5.74, 6) is 0.689. The second kappa shape index (κ2) is 8.33. The molecule has 0 radical (unpaired) electrons. The first-order valence-corrected chi connectivity index (χ1v) is 9.34. The molecule has 1 fully saturated rings. The Morgan fingerprint density at radius 1 is 1.25 bits per heavy atom. The second-order valence-corrected chi connectivity index (χ2v) is 8.06. The summed E-state index contributed by atoms with van der Waals surface area (Å²) in [4.78, 5) is 13.7. The van der Waals surface area contributed by atoms with Gasteiger partial charge in [0.1, 0.15) is 17.5 Å². The number of amides is 1. The van der Waals surface area contributed by atoms with Crippen molar-refractivity contribution in [3.05, 3.63) is 27.8 Å². The summed E-state index contributed by atoms with van der Waals surface area (Å²) in [6.07, 6.45) is 1.08. The predicted octanol–water partition coefficient (Wildman–Crippen LogP) is 4.37. The largest absolute Gasteiger partial charge is 0.453 e. The third kappa shape index (κ3) is 6.08. The van der Waals surface area contributed by atoms with E-state index in [4.69, 9.17) is 26.4 Å². The van der Waals surface area contributed by atoms with Gasteiger partial charge in [-0.1, -0.05) is 12.1 Å². The summed E-state index contributed by atoms with van der Waals surface area (Å²) in [5.41, 5.74) is -0.479.